The summed E-state index contributed by atoms with van der Waals surface area (Å²) in [5.74, 6) is -1.98. The van der Waals surface area contributed by atoms with Gasteiger partial charge in [-0.1, -0.05) is 17.7 Å². The summed E-state index contributed by atoms with van der Waals surface area (Å²) >= 11 is 0. The first-order valence-corrected chi connectivity index (χ1v) is 9.74. The molecule has 0 aliphatic rings. The molecule has 2 aromatic carbocycles. The number of nitro groups is 2. The number of aryl methyl sites for hydroxylation is 1. The quantitative estimate of drug-likeness (QED) is 0.311. The van der Waals surface area contributed by atoms with Crippen LogP contribution in [0.5, 0.6) is 0 Å². The second-order valence-corrected chi connectivity index (χ2v) is 6.92. The van der Waals surface area contributed by atoms with Gasteiger partial charge in [-0.05, 0) is 26.0 Å². The Labute approximate surface area is 190 Å². The van der Waals surface area contributed by atoms with Crippen molar-refractivity contribution in [2.24, 2.45) is 0 Å². The van der Waals surface area contributed by atoms with Gasteiger partial charge in [0.05, 0.1) is 39.5 Å². The SMILES string of the molecule is CCOC(=O)c1nn(-c2ccc(C)cc2)c(=O)cc1NC(=O)c1cc([N+](=O)[O-])cc([N+](=O)[O-])c1. The molecule has 0 radical (unpaired) electrons. The summed E-state index contributed by atoms with van der Waals surface area (Å²) in [4.78, 5) is 58.3. The maximum atomic E-state index is 12.8. The minimum absolute atomic E-state index is 0.0192. The first kappa shape index (κ1) is 23.7. The number of carbonyl (C=O) groups excluding carboxylic acids is 2. The third kappa shape index (κ3) is 5.09. The Bertz CT molecular complexity index is 1330. The van der Waals surface area contributed by atoms with Crippen molar-refractivity contribution in [3.05, 3.63) is 95.9 Å². The van der Waals surface area contributed by atoms with E-state index in [1.165, 1.54) is 0 Å². The van der Waals surface area contributed by atoms with Gasteiger partial charge in [-0.2, -0.15) is 9.78 Å². The molecule has 1 amide bonds. The molecule has 34 heavy (non-hydrogen) atoms. The first-order valence-electron chi connectivity index (χ1n) is 9.74. The molecule has 0 saturated carbocycles. The van der Waals surface area contributed by atoms with Gasteiger partial charge in [0.1, 0.15) is 0 Å². The number of esters is 1. The van der Waals surface area contributed by atoms with Crippen molar-refractivity contribution in [2.75, 3.05) is 11.9 Å². The number of non-ortho nitro benzene ring substituents is 2. The molecule has 0 bridgehead atoms. The van der Waals surface area contributed by atoms with Crippen molar-refractivity contribution in [1.82, 2.24) is 9.78 Å². The van der Waals surface area contributed by atoms with E-state index in [1.54, 1.807) is 31.2 Å². The number of carbonyl (C=O) groups is 2. The van der Waals surface area contributed by atoms with Crippen molar-refractivity contribution in [2.45, 2.75) is 13.8 Å². The van der Waals surface area contributed by atoms with Crippen LogP contribution in [0.3, 0.4) is 0 Å². The Kier molecular flexibility index (Phi) is 6.76. The fourth-order valence-electron chi connectivity index (χ4n) is 2.90. The molecule has 1 aromatic heterocycles. The lowest BCUT2D eigenvalue weighted by atomic mass is 10.1. The van der Waals surface area contributed by atoms with E-state index in [9.17, 15) is 34.6 Å². The standard InChI is InChI=1S/C21H17N5O8/c1-3-34-21(29)19-17(11-18(27)24(23-19)14-6-4-12(2)5-7-14)22-20(28)13-8-15(25(30)31)10-16(9-13)26(32)33/h4-11H,3H2,1-2H3,(H,22,28). The molecular weight excluding hydrogens is 450 g/mol. The number of amides is 1. The molecule has 0 atom stereocenters. The molecule has 0 aliphatic carbocycles. The second-order valence-electron chi connectivity index (χ2n) is 6.92. The van der Waals surface area contributed by atoms with Crippen LogP contribution in [-0.4, -0.2) is 38.1 Å². The molecule has 13 heteroatoms. The van der Waals surface area contributed by atoms with Gasteiger partial charge in [0, 0.05) is 18.2 Å². The number of hydrogen-bond donors (Lipinski definition) is 1. The molecule has 0 aliphatic heterocycles. The number of nitrogens with one attached hydrogen (secondary N) is 1. The Balaban J connectivity index is 2.08. The molecular formula is C21H17N5O8. The number of nitro benzene ring substituents is 2. The van der Waals surface area contributed by atoms with Crippen LogP contribution >= 0.6 is 0 Å². The maximum Gasteiger partial charge on any atom is 0.360 e. The molecule has 0 saturated heterocycles. The van der Waals surface area contributed by atoms with Crippen LogP contribution in [-0.2, 0) is 4.74 Å². The zero-order valence-electron chi connectivity index (χ0n) is 17.9. The number of nitrogens with zero attached hydrogens (tertiary/aromatic N) is 4. The predicted octanol–water partition coefficient (Wildman–Crippen LogP) is 2.79. The molecule has 0 spiro atoms. The zero-order valence-corrected chi connectivity index (χ0v) is 17.9. The fourth-order valence-corrected chi connectivity index (χ4v) is 2.90. The number of anilines is 1. The van der Waals surface area contributed by atoms with Gasteiger partial charge in [0.25, 0.3) is 22.8 Å². The normalized spacial score (nSPS) is 10.4. The smallest absolute Gasteiger partial charge is 0.360 e. The Morgan fingerprint density at radius 1 is 1.03 bits per heavy atom. The highest BCUT2D eigenvalue weighted by Gasteiger charge is 2.23. The zero-order chi connectivity index (χ0) is 25.0. The number of benzene rings is 2. The van der Waals surface area contributed by atoms with Gasteiger partial charge < -0.3 is 10.1 Å². The number of hydrogen-bond acceptors (Lipinski definition) is 9. The van der Waals surface area contributed by atoms with Crippen LogP contribution in [0.2, 0.25) is 0 Å². The molecule has 13 nitrogen and oxygen atoms in total. The van der Waals surface area contributed by atoms with E-state index in [2.05, 4.69) is 10.4 Å². The van der Waals surface area contributed by atoms with Gasteiger partial charge in [0.15, 0.2) is 5.69 Å². The lowest BCUT2D eigenvalue weighted by molar-refractivity contribution is -0.394. The largest absolute Gasteiger partial charge is 0.461 e. The first-order chi connectivity index (χ1) is 16.1. The van der Waals surface area contributed by atoms with Crippen LogP contribution in [0, 0.1) is 27.2 Å². The van der Waals surface area contributed by atoms with Crippen molar-refractivity contribution in [3.8, 4) is 5.69 Å². The number of ether oxygens (including phenoxy) is 1. The maximum absolute atomic E-state index is 12.8. The highest BCUT2D eigenvalue weighted by Crippen LogP contribution is 2.24. The van der Waals surface area contributed by atoms with E-state index in [-0.39, 0.29) is 12.3 Å². The molecule has 3 aromatic rings. The van der Waals surface area contributed by atoms with E-state index in [1.807, 2.05) is 6.92 Å². The van der Waals surface area contributed by atoms with Crippen molar-refractivity contribution in [3.63, 3.8) is 0 Å². The summed E-state index contributed by atoms with van der Waals surface area (Å²) in [6, 6.07) is 9.98. The Morgan fingerprint density at radius 2 is 1.62 bits per heavy atom. The summed E-state index contributed by atoms with van der Waals surface area (Å²) in [5, 5.41) is 28.5. The Morgan fingerprint density at radius 3 is 2.15 bits per heavy atom. The minimum Gasteiger partial charge on any atom is -0.461 e. The third-order valence-electron chi connectivity index (χ3n) is 4.51. The summed E-state index contributed by atoms with van der Waals surface area (Å²) in [6.45, 7) is 3.38. The third-order valence-corrected chi connectivity index (χ3v) is 4.51. The summed E-state index contributed by atoms with van der Waals surface area (Å²) in [7, 11) is 0. The lowest BCUT2D eigenvalue weighted by Gasteiger charge is -2.12. The van der Waals surface area contributed by atoms with E-state index in [4.69, 9.17) is 4.74 Å². The molecule has 0 unspecified atom stereocenters. The number of aromatic nitrogens is 2. The second kappa shape index (κ2) is 9.68. The van der Waals surface area contributed by atoms with Crippen LogP contribution in [0.25, 0.3) is 5.69 Å². The van der Waals surface area contributed by atoms with E-state index >= 15 is 0 Å². The van der Waals surface area contributed by atoms with Crippen LogP contribution < -0.4 is 10.9 Å². The van der Waals surface area contributed by atoms with E-state index in [0.29, 0.717) is 11.8 Å². The van der Waals surface area contributed by atoms with E-state index in [0.717, 1.165) is 28.4 Å². The van der Waals surface area contributed by atoms with Gasteiger partial charge >= 0.3 is 5.97 Å². The molecule has 0 fully saturated rings. The highest BCUT2D eigenvalue weighted by molar-refractivity contribution is 6.08. The monoisotopic (exact) mass is 467 g/mol. The minimum atomic E-state index is -1.04. The van der Waals surface area contributed by atoms with Crippen molar-refractivity contribution >= 4 is 28.9 Å². The van der Waals surface area contributed by atoms with Crippen LogP contribution in [0.1, 0.15) is 33.3 Å². The number of rotatable bonds is 7. The lowest BCUT2D eigenvalue weighted by Crippen LogP contribution is -2.27. The average Bonchev–Trinajstić information content (AvgIpc) is 2.79. The molecule has 1 N–H and O–H groups in total. The van der Waals surface area contributed by atoms with Gasteiger partial charge in [0.2, 0.25) is 0 Å². The predicted molar refractivity (Wildman–Crippen MR) is 118 cm³/mol. The summed E-state index contributed by atoms with van der Waals surface area (Å²) < 4.78 is 5.90. The van der Waals surface area contributed by atoms with Crippen molar-refractivity contribution in [1.29, 1.82) is 0 Å². The molecule has 174 valence electrons. The van der Waals surface area contributed by atoms with Crippen LogP contribution in [0.4, 0.5) is 17.1 Å². The summed E-state index contributed by atoms with van der Waals surface area (Å²) in [5.41, 5.74) is -1.95. The van der Waals surface area contributed by atoms with Crippen LogP contribution in [0.15, 0.2) is 53.3 Å². The van der Waals surface area contributed by atoms with Gasteiger partial charge in [-0.25, -0.2) is 4.79 Å². The topological polar surface area (TPSA) is 177 Å². The molecule has 1 heterocycles. The average molecular weight is 467 g/mol. The fraction of sp³-hybridized carbons (Fsp3) is 0.143. The summed E-state index contributed by atoms with van der Waals surface area (Å²) in [6.07, 6.45) is 0. The van der Waals surface area contributed by atoms with E-state index < -0.39 is 49.9 Å². The van der Waals surface area contributed by atoms with Crippen molar-refractivity contribution < 1.29 is 24.2 Å². The Hall–Kier alpha value is -4.94. The highest BCUT2D eigenvalue weighted by atomic mass is 16.6. The van der Waals surface area contributed by atoms with Gasteiger partial charge in [-0.15, -0.1) is 0 Å². The van der Waals surface area contributed by atoms with Gasteiger partial charge in [-0.3, -0.25) is 29.8 Å². The molecule has 3 rings (SSSR count).